The third kappa shape index (κ3) is 1.06. The van der Waals surface area contributed by atoms with E-state index in [1.54, 1.807) is 6.92 Å². The van der Waals surface area contributed by atoms with Gasteiger partial charge in [0.2, 0.25) is 0 Å². The van der Waals surface area contributed by atoms with E-state index in [-0.39, 0.29) is 11.6 Å². The SMILES string of the molecule is Cc1nc2ncc(N)cn2c1[N+](=O)[O-]. The highest BCUT2D eigenvalue weighted by molar-refractivity contribution is 5.47. The number of nitrogens with zero attached hydrogens (tertiary/aromatic N) is 4. The van der Waals surface area contributed by atoms with Crippen molar-refractivity contribution in [3.63, 3.8) is 0 Å². The van der Waals surface area contributed by atoms with E-state index >= 15 is 0 Å². The van der Waals surface area contributed by atoms with Gasteiger partial charge in [0.1, 0.15) is 11.9 Å². The Kier molecular flexibility index (Phi) is 1.60. The number of hydrogen-bond donors (Lipinski definition) is 1. The van der Waals surface area contributed by atoms with E-state index in [0.29, 0.717) is 11.4 Å². The average molecular weight is 193 g/mol. The second-order valence-electron chi connectivity index (χ2n) is 2.84. The number of rotatable bonds is 1. The van der Waals surface area contributed by atoms with Crippen LogP contribution in [0.5, 0.6) is 0 Å². The Balaban J connectivity index is 2.86. The van der Waals surface area contributed by atoms with Crippen molar-refractivity contribution in [1.29, 1.82) is 0 Å². The van der Waals surface area contributed by atoms with Crippen LogP contribution in [0.1, 0.15) is 5.69 Å². The summed E-state index contributed by atoms with van der Waals surface area (Å²) in [5.41, 5.74) is 6.15. The molecule has 2 aromatic heterocycles. The van der Waals surface area contributed by atoms with E-state index in [2.05, 4.69) is 9.97 Å². The minimum atomic E-state index is -0.504. The number of aromatic nitrogens is 3. The first-order chi connectivity index (χ1) is 6.59. The second-order valence-corrected chi connectivity index (χ2v) is 2.84. The fourth-order valence-electron chi connectivity index (χ4n) is 1.27. The van der Waals surface area contributed by atoms with Crippen LogP contribution in [0.2, 0.25) is 0 Å². The van der Waals surface area contributed by atoms with Gasteiger partial charge in [0.05, 0.1) is 11.9 Å². The van der Waals surface area contributed by atoms with Crippen molar-refractivity contribution in [1.82, 2.24) is 14.4 Å². The summed E-state index contributed by atoms with van der Waals surface area (Å²) < 4.78 is 1.27. The van der Waals surface area contributed by atoms with Crippen molar-refractivity contribution in [2.75, 3.05) is 5.73 Å². The van der Waals surface area contributed by atoms with E-state index in [1.807, 2.05) is 0 Å². The molecule has 0 radical (unpaired) electrons. The molecule has 2 rings (SSSR count). The van der Waals surface area contributed by atoms with Gasteiger partial charge in [0.25, 0.3) is 0 Å². The Hall–Kier alpha value is -2.18. The smallest absolute Gasteiger partial charge is 0.352 e. The van der Waals surface area contributed by atoms with Crippen molar-refractivity contribution in [2.24, 2.45) is 0 Å². The lowest BCUT2D eigenvalue weighted by Gasteiger charge is -1.94. The first-order valence-electron chi connectivity index (χ1n) is 3.84. The predicted octanol–water partition coefficient (Wildman–Crippen LogP) is 0.528. The zero-order valence-electron chi connectivity index (χ0n) is 7.34. The molecule has 14 heavy (non-hydrogen) atoms. The van der Waals surface area contributed by atoms with Crippen molar-refractivity contribution in [3.05, 3.63) is 28.2 Å². The number of imidazole rings is 1. The maximum absolute atomic E-state index is 10.7. The van der Waals surface area contributed by atoms with Crippen molar-refractivity contribution >= 4 is 17.3 Å². The molecule has 0 saturated carbocycles. The van der Waals surface area contributed by atoms with Crippen LogP contribution in [0.15, 0.2) is 12.4 Å². The van der Waals surface area contributed by atoms with Gasteiger partial charge in [0, 0.05) is 0 Å². The molecule has 0 unspecified atom stereocenters. The molecular weight excluding hydrogens is 186 g/mol. The van der Waals surface area contributed by atoms with Crippen LogP contribution in [0.25, 0.3) is 5.78 Å². The lowest BCUT2D eigenvalue weighted by Crippen LogP contribution is -1.98. The third-order valence-electron chi connectivity index (χ3n) is 1.82. The average Bonchev–Trinajstić information content (AvgIpc) is 2.40. The monoisotopic (exact) mass is 193 g/mol. The fourth-order valence-corrected chi connectivity index (χ4v) is 1.27. The van der Waals surface area contributed by atoms with Gasteiger partial charge in [-0.1, -0.05) is 0 Å². The number of hydrogen-bond acceptors (Lipinski definition) is 5. The van der Waals surface area contributed by atoms with Gasteiger partial charge < -0.3 is 15.8 Å². The van der Waals surface area contributed by atoms with Crippen LogP contribution < -0.4 is 5.73 Å². The van der Waals surface area contributed by atoms with Crippen LogP contribution >= 0.6 is 0 Å². The molecule has 0 atom stereocenters. The van der Waals surface area contributed by atoms with Gasteiger partial charge in [-0.05, 0) is 11.8 Å². The van der Waals surface area contributed by atoms with E-state index in [9.17, 15) is 10.1 Å². The molecule has 2 aromatic rings. The molecule has 0 saturated heterocycles. The summed E-state index contributed by atoms with van der Waals surface area (Å²) in [6.07, 6.45) is 2.84. The van der Waals surface area contributed by atoms with Crippen molar-refractivity contribution < 1.29 is 4.92 Å². The zero-order valence-corrected chi connectivity index (χ0v) is 7.34. The maximum Gasteiger partial charge on any atom is 0.352 e. The largest absolute Gasteiger partial charge is 0.395 e. The Morgan fingerprint density at radius 3 is 3.00 bits per heavy atom. The van der Waals surface area contributed by atoms with Gasteiger partial charge in [-0.15, -0.1) is 0 Å². The minimum absolute atomic E-state index is 0.0974. The quantitative estimate of drug-likeness (QED) is 0.526. The molecule has 0 bridgehead atoms. The van der Waals surface area contributed by atoms with E-state index in [0.717, 1.165) is 0 Å². The summed E-state index contributed by atoms with van der Waals surface area (Å²) in [6.45, 7) is 1.56. The van der Waals surface area contributed by atoms with Crippen LogP contribution in [-0.2, 0) is 0 Å². The van der Waals surface area contributed by atoms with Gasteiger partial charge in [0.15, 0.2) is 0 Å². The molecule has 0 amide bonds. The van der Waals surface area contributed by atoms with Crippen molar-refractivity contribution in [2.45, 2.75) is 6.92 Å². The number of nitro groups is 1. The second kappa shape index (κ2) is 2.66. The van der Waals surface area contributed by atoms with Crippen LogP contribution in [0, 0.1) is 17.0 Å². The summed E-state index contributed by atoms with van der Waals surface area (Å²) in [6, 6.07) is 0. The summed E-state index contributed by atoms with van der Waals surface area (Å²) in [7, 11) is 0. The molecular formula is C7H7N5O2. The summed E-state index contributed by atoms with van der Waals surface area (Å²) in [5.74, 6) is 0.184. The molecule has 2 N–H and O–H groups in total. The van der Waals surface area contributed by atoms with Crippen LogP contribution in [-0.4, -0.2) is 19.3 Å². The summed E-state index contributed by atoms with van der Waals surface area (Å²) in [5, 5.41) is 10.7. The van der Waals surface area contributed by atoms with Crippen LogP contribution in [0.3, 0.4) is 0 Å². The third-order valence-corrected chi connectivity index (χ3v) is 1.82. The van der Waals surface area contributed by atoms with Crippen molar-refractivity contribution in [3.8, 4) is 0 Å². The highest BCUT2D eigenvalue weighted by Gasteiger charge is 2.19. The van der Waals surface area contributed by atoms with E-state index < -0.39 is 4.92 Å². The minimum Gasteiger partial charge on any atom is -0.395 e. The zero-order chi connectivity index (χ0) is 10.3. The van der Waals surface area contributed by atoms with E-state index in [1.165, 1.54) is 16.8 Å². The number of nitrogen functional groups attached to an aromatic ring is 1. The van der Waals surface area contributed by atoms with Gasteiger partial charge in [-0.25, -0.2) is 0 Å². The first kappa shape index (κ1) is 8.42. The Morgan fingerprint density at radius 2 is 2.36 bits per heavy atom. The standard InChI is InChI=1S/C7H7N5O2/c1-4-6(12(13)14)11-3-5(8)2-9-7(11)10-4/h2-3H,8H2,1H3. The molecule has 2 heterocycles. The fraction of sp³-hybridized carbons (Fsp3) is 0.143. The van der Waals surface area contributed by atoms with Gasteiger partial charge in [-0.2, -0.15) is 14.4 Å². The highest BCUT2D eigenvalue weighted by Crippen LogP contribution is 2.19. The number of anilines is 1. The molecule has 7 nitrogen and oxygen atoms in total. The maximum atomic E-state index is 10.7. The first-order valence-corrected chi connectivity index (χ1v) is 3.84. The summed E-state index contributed by atoms with van der Waals surface area (Å²) in [4.78, 5) is 18.0. The molecule has 0 spiro atoms. The highest BCUT2D eigenvalue weighted by atomic mass is 16.6. The topological polar surface area (TPSA) is 99.3 Å². The van der Waals surface area contributed by atoms with E-state index in [4.69, 9.17) is 5.73 Å². The van der Waals surface area contributed by atoms with Gasteiger partial charge >= 0.3 is 11.6 Å². The molecule has 0 aliphatic heterocycles. The normalized spacial score (nSPS) is 10.6. The lowest BCUT2D eigenvalue weighted by atomic mass is 10.5. The molecule has 72 valence electrons. The number of fused-ring (bicyclic) bond motifs is 1. The Bertz CT molecular complexity index is 518. The lowest BCUT2D eigenvalue weighted by molar-refractivity contribution is -0.390. The van der Waals surface area contributed by atoms with Gasteiger partial charge in [-0.3, -0.25) is 0 Å². The number of nitrogens with two attached hydrogens (primary N) is 1. The Labute approximate surface area is 78.3 Å². The Morgan fingerprint density at radius 1 is 1.64 bits per heavy atom. The molecule has 0 aliphatic carbocycles. The molecule has 0 aromatic carbocycles. The predicted molar refractivity (Wildman–Crippen MR) is 48.8 cm³/mol. The molecule has 0 fully saturated rings. The van der Waals surface area contributed by atoms with Crippen LogP contribution in [0.4, 0.5) is 11.5 Å². The molecule has 0 aliphatic rings. The molecule has 7 heteroatoms. The number of aryl methyl sites for hydroxylation is 1. The summed E-state index contributed by atoms with van der Waals surface area (Å²) >= 11 is 0.